The molecular formula is C9H20OS2. The second-order valence-corrected chi connectivity index (χ2v) is 4.90. The third kappa shape index (κ3) is 8.75. The summed E-state index contributed by atoms with van der Waals surface area (Å²) in [5.41, 5.74) is 0. The second-order valence-electron chi connectivity index (χ2n) is 2.92. The Bertz CT molecular complexity index is 78.6. The van der Waals surface area contributed by atoms with Crippen LogP contribution in [0.3, 0.4) is 0 Å². The SMILES string of the molecule is CSCCCC(O)CCCSC. The van der Waals surface area contributed by atoms with Crippen LogP contribution in [0.4, 0.5) is 0 Å². The maximum absolute atomic E-state index is 9.48. The third-order valence-electron chi connectivity index (χ3n) is 1.77. The molecule has 1 N–H and O–H groups in total. The van der Waals surface area contributed by atoms with Crippen molar-refractivity contribution in [2.24, 2.45) is 0 Å². The van der Waals surface area contributed by atoms with Crippen LogP contribution < -0.4 is 0 Å². The van der Waals surface area contributed by atoms with Gasteiger partial charge in [0.05, 0.1) is 6.10 Å². The molecule has 0 amide bonds. The van der Waals surface area contributed by atoms with Crippen LogP contribution in [-0.4, -0.2) is 35.2 Å². The zero-order chi connectivity index (χ0) is 9.23. The van der Waals surface area contributed by atoms with Gasteiger partial charge in [0.15, 0.2) is 0 Å². The molecule has 0 aromatic carbocycles. The molecule has 0 heterocycles. The van der Waals surface area contributed by atoms with E-state index in [1.165, 1.54) is 11.5 Å². The fourth-order valence-corrected chi connectivity index (χ4v) is 1.98. The van der Waals surface area contributed by atoms with Crippen molar-refractivity contribution in [2.75, 3.05) is 24.0 Å². The van der Waals surface area contributed by atoms with Crippen molar-refractivity contribution >= 4 is 23.5 Å². The Hall–Kier alpha value is 0.660. The molecule has 0 fully saturated rings. The summed E-state index contributed by atoms with van der Waals surface area (Å²) in [6.07, 6.45) is 8.44. The monoisotopic (exact) mass is 208 g/mol. The summed E-state index contributed by atoms with van der Waals surface area (Å²) >= 11 is 3.71. The van der Waals surface area contributed by atoms with Crippen LogP contribution in [0, 0.1) is 0 Å². The van der Waals surface area contributed by atoms with Crippen LogP contribution in [-0.2, 0) is 0 Å². The fourth-order valence-electron chi connectivity index (χ4n) is 1.07. The first-order chi connectivity index (χ1) is 5.81. The number of thioether (sulfide) groups is 2. The van der Waals surface area contributed by atoms with E-state index in [1.807, 2.05) is 23.5 Å². The lowest BCUT2D eigenvalue weighted by atomic mass is 10.1. The zero-order valence-corrected chi connectivity index (χ0v) is 9.72. The average molecular weight is 208 g/mol. The van der Waals surface area contributed by atoms with Gasteiger partial charge in [-0.25, -0.2) is 0 Å². The van der Waals surface area contributed by atoms with Gasteiger partial charge in [-0.1, -0.05) is 0 Å². The summed E-state index contributed by atoms with van der Waals surface area (Å²) < 4.78 is 0. The molecule has 0 saturated heterocycles. The molecule has 0 bridgehead atoms. The molecule has 0 rings (SSSR count). The predicted octanol–water partition coefficient (Wildman–Crippen LogP) is 2.63. The van der Waals surface area contributed by atoms with Crippen molar-refractivity contribution in [1.82, 2.24) is 0 Å². The molecule has 3 heteroatoms. The largest absolute Gasteiger partial charge is 0.393 e. The van der Waals surface area contributed by atoms with Gasteiger partial charge in [-0.15, -0.1) is 0 Å². The number of aliphatic hydroxyl groups excluding tert-OH is 1. The van der Waals surface area contributed by atoms with Crippen LogP contribution in [0.15, 0.2) is 0 Å². The zero-order valence-electron chi connectivity index (χ0n) is 8.08. The highest BCUT2D eigenvalue weighted by atomic mass is 32.2. The van der Waals surface area contributed by atoms with Crippen molar-refractivity contribution in [1.29, 1.82) is 0 Å². The normalized spacial score (nSPS) is 11.0. The van der Waals surface area contributed by atoms with E-state index in [4.69, 9.17) is 0 Å². The third-order valence-corrected chi connectivity index (χ3v) is 3.17. The van der Waals surface area contributed by atoms with Crippen molar-refractivity contribution in [2.45, 2.75) is 31.8 Å². The fraction of sp³-hybridized carbons (Fsp3) is 1.00. The maximum Gasteiger partial charge on any atom is 0.0540 e. The molecule has 0 unspecified atom stereocenters. The molecule has 0 aliphatic carbocycles. The van der Waals surface area contributed by atoms with Crippen LogP contribution in [0.5, 0.6) is 0 Å². The molecule has 0 saturated carbocycles. The van der Waals surface area contributed by atoms with E-state index >= 15 is 0 Å². The van der Waals surface area contributed by atoms with Crippen molar-refractivity contribution in [3.8, 4) is 0 Å². The van der Waals surface area contributed by atoms with Gasteiger partial charge in [-0.3, -0.25) is 0 Å². The van der Waals surface area contributed by atoms with E-state index < -0.39 is 0 Å². The summed E-state index contributed by atoms with van der Waals surface area (Å²) in [4.78, 5) is 0. The highest BCUT2D eigenvalue weighted by Crippen LogP contribution is 2.09. The van der Waals surface area contributed by atoms with Gasteiger partial charge < -0.3 is 5.11 Å². The first-order valence-corrected chi connectivity index (χ1v) is 7.26. The lowest BCUT2D eigenvalue weighted by molar-refractivity contribution is 0.153. The van der Waals surface area contributed by atoms with Crippen LogP contribution in [0.25, 0.3) is 0 Å². The summed E-state index contributed by atoms with van der Waals surface area (Å²) in [6.45, 7) is 0. The van der Waals surface area contributed by atoms with Gasteiger partial charge in [0.25, 0.3) is 0 Å². The topological polar surface area (TPSA) is 20.2 Å². The Morgan fingerprint density at radius 2 is 1.42 bits per heavy atom. The van der Waals surface area contributed by atoms with Gasteiger partial charge in [0.2, 0.25) is 0 Å². The Balaban J connectivity index is 3.04. The Labute approximate surface area is 84.7 Å². The number of hydrogen-bond acceptors (Lipinski definition) is 3. The number of hydrogen-bond donors (Lipinski definition) is 1. The van der Waals surface area contributed by atoms with E-state index in [-0.39, 0.29) is 6.10 Å². The molecule has 12 heavy (non-hydrogen) atoms. The number of aliphatic hydroxyl groups is 1. The van der Waals surface area contributed by atoms with Gasteiger partial charge in [0.1, 0.15) is 0 Å². The van der Waals surface area contributed by atoms with Gasteiger partial charge in [0, 0.05) is 0 Å². The lowest BCUT2D eigenvalue weighted by Crippen LogP contribution is -2.06. The maximum atomic E-state index is 9.48. The minimum Gasteiger partial charge on any atom is -0.393 e. The van der Waals surface area contributed by atoms with Crippen LogP contribution in [0.1, 0.15) is 25.7 Å². The molecule has 1 nitrogen and oxygen atoms in total. The highest BCUT2D eigenvalue weighted by Gasteiger charge is 2.02. The molecule has 0 radical (unpaired) electrons. The van der Waals surface area contributed by atoms with Gasteiger partial charge >= 0.3 is 0 Å². The van der Waals surface area contributed by atoms with E-state index in [0.29, 0.717) is 0 Å². The molecule has 0 spiro atoms. The van der Waals surface area contributed by atoms with E-state index in [9.17, 15) is 5.11 Å². The van der Waals surface area contributed by atoms with Crippen molar-refractivity contribution < 1.29 is 5.11 Å². The molecule has 0 aliphatic rings. The molecule has 0 aromatic heterocycles. The molecule has 0 aromatic rings. The van der Waals surface area contributed by atoms with Crippen LogP contribution in [0.2, 0.25) is 0 Å². The Morgan fingerprint density at radius 3 is 1.75 bits per heavy atom. The summed E-state index contributed by atoms with van der Waals surface area (Å²) in [7, 11) is 0. The van der Waals surface area contributed by atoms with Crippen molar-refractivity contribution in [3.63, 3.8) is 0 Å². The summed E-state index contributed by atoms with van der Waals surface area (Å²) in [5.74, 6) is 2.36. The van der Waals surface area contributed by atoms with E-state index in [1.54, 1.807) is 0 Å². The highest BCUT2D eigenvalue weighted by molar-refractivity contribution is 7.98. The predicted molar refractivity (Wildman–Crippen MR) is 61.2 cm³/mol. The minimum atomic E-state index is -0.0516. The quantitative estimate of drug-likeness (QED) is 0.619. The van der Waals surface area contributed by atoms with Crippen molar-refractivity contribution in [3.05, 3.63) is 0 Å². The van der Waals surface area contributed by atoms with Crippen LogP contribution >= 0.6 is 23.5 Å². The van der Waals surface area contributed by atoms with E-state index in [0.717, 1.165) is 25.7 Å². The Kier molecular flexibility index (Phi) is 10.3. The molecule has 0 aliphatic heterocycles. The molecule has 74 valence electrons. The number of rotatable bonds is 8. The average Bonchev–Trinajstić information content (AvgIpc) is 2.06. The molecule has 0 atom stereocenters. The lowest BCUT2D eigenvalue weighted by Gasteiger charge is -2.08. The first kappa shape index (κ1) is 12.7. The summed E-state index contributed by atoms with van der Waals surface area (Å²) in [6, 6.07) is 0. The van der Waals surface area contributed by atoms with Gasteiger partial charge in [-0.2, -0.15) is 23.5 Å². The standard InChI is InChI=1S/C9H20OS2/c1-11-7-3-5-9(10)6-4-8-12-2/h9-10H,3-8H2,1-2H3. The first-order valence-electron chi connectivity index (χ1n) is 4.47. The Morgan fingerprint density at radius 1 is 1.00 bits per heavy atom. The van der Waals surface area contributed by atoms with Gasteiger partial charge in [-0.05, 0) is 49.7 Å². The minimum absolute atomic E-state index is 0.0516. The smallest absolute Gasteiger partial charge is 0.0540 e. The van der Waals surface area contributed by atoms with E-state index in [2.05, 4.69) is 12.5 Å². The summed E-state index contributed by atoms with van der Waals surface area (Å²) in [5, 5.41) is 9.48. The molecular weight excluding hydrogens is 188 g/mol. The second kappa shape index (κ2) is 9.75.